The molecule has 0 saturated carbocycles. The fraction of sp³-hybridized carbons (Fsp3) is 0.267. The van der Waals surface area contributed by atoms with Gasteiger partial charge in [0.25, 0.3) is 5.91 Å². The number of nitrogens with one attached hydrogen (secondary N) is 1. The van der Waals surface area contributed by atoms with Gasteiger partial charge in [-0.2, -0.15) is 0 Å². The molecule has 1 amide bonds. The molecule has 3 aromatic rings. The number of benzene rings is 1. The minimum absolute atomic E-state index is 0.192. The van der Waals surface area contributed by atoms with Crippen molar-refractivity contribution in [2.24, 2.45) is 0 Å². The van der Waals surface area contributed by atoms with Crippen LogP contribution in [0.4, 0.5) is 0 Å². The van der Waals surface area contributed by atoms with Crippen LogP contribution in [-0.2, 0) is 6.42 Å². The van der Waals surface area contributed by atoms with Crippen molar-refractivity contribution in [1.29, 1.82) is 0 Å². The molecule has 0 spiro atoms. The molecule has 0 atom stereocenters. The van der Waals surface area contributed by atoms with Gasteiger partial charge in [-0.3, -0.25) is 4.79 Å². The van der Waals surface area contributed by atoms with Crippen molar-refractivity contribution in [2.75, 3.05) is 6.54 Å². The topological polar surface area (TPSA) is 81.2 Å². The number of hydrogen-bond acceptors (Lipinski definition) is 5. The maximum absolute atomic E-state index is 12.0. The normalized spacial score (nSPS) is 11.0. The Morgan fingerprint density at radius 2 is 2.10 bits per heavy atom. The number of carbonyl (C=O) groups is 1. The lowest BCUT2D eigenvalue weighted by atomic mass is 10.2. The van der Waals surface area contributed by atoms with E-state index in [1.807, 2.05) is 24.3 Å². The van der Waals surface area contributed by atoms with E-state index in [1.165, 1.54) is 0 Å². The zero-order chi connectivity index (χ0) is 14.8. The molecule has 0 saturated heterocycles. The first-order valence-electron chi connectivity index (χ1n) is 6.70. The van der Waals surface area contributed by atoms with E-state index in [0.717, 1.165) is 11.1 Å². The standard InChI is InChI=1S/C15H15N3O3/c1-9-14(10(2)21-18-9)15(19)16-8-7-13-17-11-5-3-4-6-12(11)20-13/h3-6H,7-8H2,1-2H3,(H,16,19). The summed E-state index contributed by atoms with van der Waals surface area (Å²) in [5.41, 5.74) is 2.66. The minimum Gasteiger partial charge on any atom is -0.441 e. The average molecular weight is 285 g/mol. The predicted molar refractivity (Wildman–Crippen MR) is 76.0 cm³/mol. The smallest absolute Gasteiger partial charge is 0.256 e. The van der Waals surface area contributed by atoms with Gasteiger partial charge in [0.05, 0.1) is 5.69 Å². The fourth-order valence-corrected chi connectivity index (χ4v) is 2.21. The molecule has 1 N–H and O–H groups in total. The van der Waals surface area contributed by atoms with Gasteiger partial charge in [0.1, 0.15) is 16.8 Å². The molecule has 6 heteroatoms. The zero-order valence-corrected chi connectivity index (χ0v) is 11.8. The summed E-state index contributed by atoms with van der Waals surface area (Å²) in [5, 5.41) is 6.59. The zero-order valence-electron chi connectivity index (χ0n) is 11.8. The third-order valence-electron chi connectivity index (χ3n) is 3.22. The molecule has 2 heterocycles. The quantitative estimate of drug-likeness (QED) is 0.796. The second kappa shape index (κ2) is 5.40. The number of aryl methyl sites for hydroxylation is 2. The molecule has 1 aromatic carbocycles. The van der Waals surface area contributed by atoms with Gasteiger partial charge in [-0.15, -0.1) is 0 Å². The summed E-state index contributed by atoms with van der Waals surface area (Å²) >= 11 is 0. The van der Waals surface area contributed by atoms with Crippen LogP contribution in [0.25, 0.3) is 11.1 Å². The molecule has 6 nitrogen and oxygen atoms in total. The Morgan fingerprint density at radius 1 is 1.29 bits per heavy atom. The van der Waals surface area contributed by atoms with E-state index in [0.29, 0.717) is 35.9 Å². The molecule has 3 rings (SSSR count). The first-order valence-corrected chi connectivity index (χ1v) is 6.70. The van der Waals surface area contributed by atoms with Crippen molar-refractivity contribution in [3.8, 4) is 0 Å². The number of carbonyl (C=O) groups excluding carboxylic acids is 1. The highest BCUT2D eigenvalue weighted by Gasteiger charge is 2.17. The number of hydrogen-bond donors (Lipinski definition) is 1. The van der Waals surface area contributed by atoms with Crippen LogP contribution in [0.1, 0.15) is 27.7 Å². The fourth-order valence-electron chi connectivity index (χ4n) is 2.21. The molecule has 0 aliphatic heterocycles. The van der Waals surface area contributed by atoms with Crippen LogP contribution in [0, 0.1) is 13.8 Å². The predicted octanol–water partition coefficient (Wildman–Crippen LogP) is 2.41. The number of aromatic nitrogens is 2. The third-order valence-corrected chi connectivity index (χ3v) is 3.22. The van der Waals surface area contributed by atoms with Gasteiger partial charge in [-0.05, 0) is 26.0 Å². The minimum atomic E-state index is -0.192. The molecular formula is C15H15N3O3. The monoisotopic (exact) mass is 285 g/mol. The van der Waals surface area contributed by atoms with E-state index in [2.05, 4.69) is 15.5 Å². The highest BCUT2D eigenvalue weighted by Crippen LogP contribution is 2.15. The second-order valence-corrected chi connectivity index (χ2v) is 4.78. The number of rotatable bonds is 4. The molecule has 2 aromatic heterocycles. The number of fused-ring (bicyclic) bond motifs is 1. The van der Waals surface area contributed by atoms with Crippen molar-refractivity contribution >= 4 is 17.0 Å². The van der Waals surface area contributed by atoms with Gasteiger partial charge in [0, 0.05) is 13.0 Å². The second-order valence-electron chi connectivity index (χ2n) is 4.78. The van der Waals surface area contributed by atoms with Crippen molar-refractivity contribution in [1.82, 2.24) is 15.5 Å². The Hall–Kier alpha value is -2.63. The Balaban J connectivity index is 1.62. The van der Waals surface area contributed by atoms with Crippen molar-refractivity contribution < 1.29 is 13.7 Å². The van der Waals surface area contributed by atoms with Gasteiger partial charge >= 0.3 is 0 Å². The van der Waals surface area contributed by atoms with E-state index in [1.54, 1.807) is 13.8 Å². The lowest BCUT2D eigenvalue weighted by molar-refractivity contribution is 0.0951. The molecule has 0 unspecified atom stereocenters. The summed E-state index contributed by atoms with van der Waals surface area (Å²) in [7, 11) is 0. The summed E-state index contributed by atoms with van der Waals surface area (Å²) in [4.78, 5) is 16.4. The van der Waals surface area contributed by atoms with E-state index in [9.17, 15) is 4.79 Å². The number of oxazole rings is 1. The van der Waals surface area contributed by atoms with Gasteiger partial charge in [-0.25, -0.2) is 4.98 Å². The summed E-state index contributed by atoms with van der Waals surface area (Å²) in [5.74, 6) is 0.935. The van der Waals surface area contributed by atoms with Crippen molar-refractivity contribution in [3.05, 3.63) is 47.2 Å². The molecule has 0 bridgehead atoms. The summed E-state index contributed by atoms with van der Waals surface area (Å²) < 4.78 is 10.6. The van der Waals surface area contributed by atoms with Crippen LogP contribution in [0.2, 0.25) is 0 Å². The maximum Gasteiger partial charge on any atom is 0.256 e. The maximum atomic E-state index is 12.0. The Bertz CT molecular complexity index is 736. The average Bonchev–Trinajstić information content (AvgIpc) is 3.01. The van der Waals surface area contributed by atoms with E-state index in [4.69, 9.17) is 8.94 Å². The molecule has 21 heavy (non-hydrogen) atoms. The largest absolute Gasteiger partial charge is 0.441 e. The van der Waals surface area contributed by atoms with Crippen LogP contribution in [0.3, 0.4) is 0 Å². The van der Waals surface area contributed by atoms with Crippen LogP contribution < -0.4 is 5.32 Å². The summed E-state index contributed by atoms with van der Waals surface area (Å²) in [6, 6.07) is 7.57. The van der Waals surface area contributed by atoms with Crippen LogP contribution >= 0.6 is 0 Å². The number of amides is 1. The van der Waals surface area contributed by atoms with Crippen molar-refractivity contribution in [3.63, 3.8) is 0 Å². The van der Waals surface area contributed by atoms with Crippen LogP contribution in [0.15, 0.2) is 33.2 Å². The van der Waals surface area contributed by atoms with Gasteiger partial charge in [0.15, 0.2) is 11.5 Å². The highest BCUT2D eigenvalue weighted by atomic mass is 16.5. The number of para-hydroxylation sites is 2. The molecule has 0 fully saturated rings. The first-order chi connectivity index (χ1) is 10.1. The Morgan fingerprint density at radius 3 is 2.81 bits per heavy atom. The molecule has 0 aliphatic carbocycles. The summed E-state index contributed by atoms with van der Waals surface area (Å²) in [6.45, 7) is 3.90. The molecule has 0 aliphatic rings. The van der Waals surface area contributed by atoms with Gasteiger partial charge in [0.2, 0.25) is 0 Å². The van der Waals surface area contributed by atoms with Crippen molar-refractivity contribution in [2.45, 2.75) is 20.3 Å². The van der Waals surface area contributed by atoms with E-state index in [-0.39, 0.29) is 5.91 Å². The summed E-state index contributed by atoms with van der Waals surface area (Å²) in [6.07, 6.45) is 0.532. The van der Waals surface area contributed by atoms with Crippen LogP contribution in [-0.4, -0.2) is 22.6 Å². The molecule has 0 radical (unpaired) electrons. The highest BCUT2D eigenvalue weighted by molar-refractivity contribution is 5.96. The molecule has 108 valence electrons. The first kappa shape index (κ1) is 13.4. The van der Waals surface area contributed by atoms with E-state index < -0.39 is 0 Å². The van der Waals surface area contributed by atoms with Crippen LogP contribution in [0.5, 0.6) is 0 Å². The lowest BCUT2D eigenvalue weighted by Gasteiger charge is -2.02. The lowest BCUT2D eigenvalue weighted by Crippen LogP contribution is -2.26. The van der Waals surface area contributed by atoms with Gasteiger partial charge < -0.3 is 14.3 Å². The van der Waals surface area contributed by atoms with E-state index >= 15 is 0 Å². The SMILES string of the molecule is Cc1noc(C)c1C(=O)NCCc1nc2ccccc2o1. The Labute approximate surface area is 121 Å². The Kier molecular flexibility index (Phi) is 3.43. The molecular weight excluding hydrogens is 270 g/mol. The third kappa shape index (κ3) is 2.65. The van der Waals surface area contributed by atoms with Gasteiger partial charge in [-0.1, -0.05) is 17.3 Å². The number of nitrogens with zero attached hydrogens (tertiary/aromatic N) is 2.